The number of hydrogen-bond acceptors (Lipinski definition) is 3. The van der Waals surface area contributed by atoms with Crippen molar-refractivity contribution in [3.8, 4) is 0 Å². The van der Waals surface area contributed by atoms with Gasteiger partial charge in [0.1, 0.15) is 0 Å². The highest BCUT2D eigenvalue weighted by molar-refractivity contribution is 4.92. The minimum atomic E-state index is 0.717. The van der Waals surface area contributed by atoms with Gasteiger partial charge < -0.3 is 5.73 Å². The van der Waals surface area contributed by atoms with Crippen LogP contribution in [0.25, 0.3) is 0 Å². The number of rotatable bonds is 7. The number of nitrogens with two attached hydrogens (primary N) is 1. The van der Waals surface area contributed by atoms with Crippen LogP contribution in [0.2, 0.25) is 0 Å². The standard InChI is InChI=1S/C11H22N4/c1-3-10(4-2)8-15-9-11(13-14-15)6-5-7-12/h9-10H,3-8,12H2,1-2H3. The van der Waals surface area contributed by atoms with Crippen LogP contribution in [0.3, 0.4) is 0 Å². The van der Waals surface area contributed by atoms with Crippen molar-refractivity contribution in [1.82, 2.24) is 15.0 Å². The molecular weight excluding hydrogens is 188 g/mol. The van der Waals surface area contributed by atoms with Gasteiger partial charge in [-0.3, -0.25) is 4.68 Å². The molecule has 1 heterocycles. The van der Waals surface area contributed by atoms with Crippen LogP contribution in [0, 0.1) is 5.92 Å². The van der Waals surface area contributed by atoms with Crippen molar-refractivity contribution in [1.29, 1.82) is 0 Å². The maximum absolute atomic E-state index is 5.45. The second kappa shape index (κ2) is 6.56. The molecule has 0 bridgehead atoms. The zero-order valence-corrected chi connectivity index (χ0v) is 9.82. The molecule has 0 aliphatic rings. The molecule has 0 unspecified atom stereocenters. The zero-order chi connectivity index (χ0) is 11.1. The van der Waals surface area contributed by atoms with E-state index in [2.05, 4.69) is 24.2 Å². The van der Waals surface area contributed by atoms with Crippen LogP contribution in [0.15, 0.2) is 6.20 Å². The van der Waals surface area contributed by atoms with E-state index in [1.54, 1.807) is 0 Å². The second-order valence-electron chi connectivity index (χ2n) is 4.01. The van der Waals surface area contributed by atoms with Gasteiger partial charge in [-0.05, 0) is 25.3 Å². The third kappa shape index (κ3) is 4.00. The van der Waals surface area contributed by atoms with Crippen molar-refractivity contribution in [3.63, 3.8) is 0 Å². The number of aromatic nitrogens is 3. The Kier molecular flexibility index (Phi) is 5.32. The average Bonchev–Trinajstić information content (AvgIpc) is 2.70. The van der Waals surface area contributed by atoms with Crippen molar-refractivity contribution in [2.24, 2.45) is 11.7 Å². The van der Waals surface area contributed by atoms with Crippen LogP contribution in [0.4, 0.5) is 0 Å². The Hall–Kier alpha value is -0.900. The monoisotopic (exact) mass is 210 g/mol. The van der Waals surface area contributed by atoms with E-state index in [9.17, 15) is 0 Å². The minimum Gasteiger partial charge on any atom is -0.330 e. The van der Waals surface area contributed by atoms with Gasteiger partial charge in [-0.1, -0.05) is 31.9 Å². The van der Waals surface area contributed by atoms with Gasteiger partial charge in [0.05, 0.1) is 5.69 Å². The van der Waals surface area contributed by atoms with Crippen molar-refractivity contribution in [2.75, 3.05) is 6.54 Å². The molecule has 0 atom stereocenters. The first-order valence-electron chi connectivity index (χ1n) is 5.89. The van der Waals surface area contributed by atoms with Crippen LogP contribution in [-0.2, 0) is 13.0 Å². The van der Waals surface area contributed by atoms with Crippen molar-refractivity contribution < 1.29 is 0 Å². The summed E-state index contributed by atoms with van der Waals surface area (Å²) in [7, 11) is 0. The largest absolute Gasteiger partial charge is 0.330 e. The molecular formula is C11H22N4. The van der Waals surface area contributed by atoms with E-state index in [0.717, 1.165) is 31.6 Å². The normalized spacial score (nSPS) is 11.2. The predicted octanol–water partition coefficient (Wildman–Crippen LogP) is 1.61. The quantitative estimate of drug-likeness (QED) is 0.743. The fourth-order valence-electron chi connectivity index (χ4n) is 1.64. The molecule has 86 valence electrons. The molecule has 2 N–H and O–H groups in total. The summed E-state index contributed by atoms with van der Waals surface area (Å²) in [5.74, 6) is 0.717. The topological polar surface area (TPSA) is 56.7 Å². The highest BCUT2D eigenvalue weighted by Crippen LogP contribution is 2.10. The molecule has 0 fully saturated rings. The molecule has 1 rings (SSSR count). The van der Waals surface area contributed by atoms with E-state index in [4.69, 9.17) is 5.73 Å². The molecule has 1 aromatic heterocycles. The SMILES string of the molecule is CCC(CC)Cn1cc(CCCN)nn1. The van der Waals surface area contributed by atoms with Gasteiger partial charge >= 0.3 is 0 Å². The summed E-state index contributed by atoms with van der Waals surface area (Å²) in [4.78, 5) is 0. The third-order valence-corrected chi connectivity index (χ3v) is 2.82. The van der Waals surface area contributed by atoms with Crippen molar-refractivity contribution in [2.45, 2.75) is 46.1 Å². The fraction of sp³-hybridized carbons (Fsp3) is 0.818. The zero-order valence-electron chi connectivity index (χ0n) is 9.82. The van der Waals surface area contributed by atoms with Gasteiger partial charge in [-0.2, -0.15) is 0 Å². The van der Waals surface area contributed by atoms with E-state index in [0.29, 0.717) is 5.92 Å². The summed E-state index contributed by atoms with van der Waals surface area (Å²) in [6, 6.07) is 0. The number of nitrogens with zero attached hydrogens (tertiary/aromatic N) is 3. The van der Waals surface area contributed by atoms with Crippen LogP contribution in [-0.4, -0.2) is 21.5 Å². The average molecular weight is 210 g/mol. The molecule has 4 nitrogen and oxygen atoms in total. The van der Waals surface area contributed by atoms with E-state index in [-0.39, 0.29) is 0 Å². The van der Waals surface area contributed by atoms with E-state index < -0.39 is 0 Å². The maximum Gasteiger partial charge on any atom is 0.0827 e. The number of aryl methyl sites for hydroxylation is 1. The van der Waals surface area contributed by atoms with Gasteiger partial charge in [0.15, 0.2) is 0 Å². The highest BCUT2D eigenvalue weighted by atomic mass is 15.4. The molecule has 0 aliphatic carbocycles. The fourth-order valence-corrected chi connectivity index (χ4v) is 1.64. The first-order valence-corrected chi connectivity index (χ1v) is 5.89. The van der Waals surface area contributed by atoms with Crippen LogP contribution >= 0.6 is 0 Å². The Morgan fingerprint density at radius 2 is 2.13 bits per heavy atom. The Morgan fingerprint density at radius 1 is 1.40 bits per heavy atom. The van der Waals surface area contributed by atoms with Gasteiger partial charge in [-0.15, -0.1) is 5.10 Å². The van der Waals surface area contributed by atoms with Crippen molar-refractivity contribution in [3.05, 3.63) is 11.9 Å². The summed E-state index contributed by atoms with van der Waals surface area (Å²) >= 11 is 0. The number of hydrogen-bond donors (Lipinski definition) is 1. The predicted molar refractivity (Wildman–Crippen MR) is 61.5 cm³/mol. The third-order valence-electron chi connectivity index (χ3n) is 2.82. The maximum atomic E-state index is 5.45. The van der Waals surface area contributed by atoms with Crippen molar-refractivity contribution >= 4 is 0 Å². The molecule has 0 aromatic carbocycles. The lowest BCUT2D eigenvalue weighted by molar-refractivity contribution is 0.390. The summed E-state index contributed by atoms with van der Waals surface area (Å²) in [5, 5.41) is 8.26. The van der Waals surface area contributed by atoms with E-state index in [1.807, 2.05) is 10.9 Å². The van der Waals surface area contributed by atoms with E-state index >= 15 is 0 Å². The van der Waals surface area contributed by atoms with Crippen LogP contribution in [0.5, 0.6) is 0 Å². The van der Waals surface area contributed by atoms with Gasteiger partial charge in [0.25, 0.3) is 0 Å². The van der Waals surface area contributed by atoms with E-state index in [1.165, 1.54) is 12.8 Å². The Bertz CT molecular complexity index is 265. The second-order valence-corrected chi connectivity index (χ2v) is 4.01. The molecule has 0 amide bonds. The molecule has 0 radical (unpaired) electrons. The molecule has 0 aliphatic heterocycles. The first kappa shape index (κ1) is 12.2. The Morgan fingerprint density at radius 3 is 2.73 bits per heavy atom. The lowest BCUT2D eigenvalue weighted by atomic mass is 10.0. The lowest BCUT2D eigenvalue weighted by Crippen LogP contribution is -2.09. The summed E-state index contributed by atoms with van der Waals surface area (Å²) in [5.41, 5.74) is 6.51. The minimum absolute atomic E-state index is 0.717. The molecule has 0 saturated carbocycles. The Balaban J connectivity index is 2.44. The molecule has 15 heavy (non-hydrogen) atoms. The molecule has 0 saturated heterocycles. The molecule has 1 aromatic rings. The van der Waals surface area contributed by atoms with Crippen LogP contribution in [0.1, 0.15) is 38.8 Å². The Labute approximate surface area is 91.9 Å². The summed E-state index contributed by atoms with van der Waals surface area (Å²) < 4.78 is 1.96. The van der Waals surface area contributed by atoms with Crippen LogP contribution < -0.4 is 5.73 Å². The summed E-state index contributed by atoms with van der Waals surface area (Å²) in [6.07, 6.45) is 6.39. The first-order chi connectivity index (χ1) is 7.30. The van der Waals surface area contributed by atoms with Gasteiger partial charge in [0.2, 0.25) is 0 Å². The highest BCUT2D eigenvalue weighted by Gasteiger charge is 2.06. The van der Waals surface area contributed by atoms with Gasteiger partial charge in [0, 0.05) is 12.7 Å². The van der Waals surface area contributed by atoms with Gasteiger partial charge in [-0.25, -0.2) is 0 Å². The lowest BCUT2D eigenvalue weighted by Gasteiger charge is -2.10. The smallest absolute Gasteiger partial charge is 0.0827 e. The molecule has 4 heteroatoms. The summed E-state index contributed by atoms with van der Waals surface area (Å²) in [6.45, 7) is 6.16. The molecule has 0 spiro atoms.